The third kappa shape index (κ3) is 2.88. The number of nitrogens with zero attached hydrogens (tertiary/aromatic N) is 3. The predicted molar refractivity (Wildman–Crippen MR) is 108 cm³/mol. The molecule has 29 heavy (non-hydrogen) atoms. The van der Waals surface area contributed by atoms with Crippen molar-refractivity contribution >= 4 is 34.8 Å². The number of hydrogen-bond acceptors (Lipinski definition) is 5. The third-order valence-electron chi connectivity index (χ3n) is 5.24. The van der Waals surface area contributed by atoms with Gasteiger partial charge in [0.1, 0.15) is 5.92 Å². The lowest BCUT2D eigenvalue weighted by molar-refractivity contribution is -0.126. The summed E-state index contributed by atoms with van der Waals surface area (Å²) in [6, 6.07) is 19.2. The fourth-order valence-electron chi connectivity index (χ4n) is 3.95. The number of carbonyl (C=O) groups is 2. The highest BCUT2D eigenvalue weighted by Gasteiger charge is 2.60. The molecule has 5 rings (SSSR count). The van der Waals surface area contributed by atoms with Crippen molar-refractivity contribution in [2.24, 2.45) is 5.92 Å². The molecule has 6 nitrogen and oxygen atoms in total. The summed E-state index contributed by atoms with van der Waals surface area (Å²) < 4.78 is 0. The summed E-state index contributed by atoms with van der Waals surface area (Å²) in [7, 11) is 0. The first-order valence-corrected chi connectivity index (χ1v) is 9.57. The van der Waals surface area contributed by atoms with Crippen LogP contribution in [0.4, 0.5) is 11.4 Å². The highest BCUT2D eigenvalue weighted by atomic mass is 35.5. The largest absolute Gasteiger partial charge is 0.273 e. The minimum atomic E-state index is -0.899. The predicted octanol–water partition coefficient (Wildman–Crippen LogP) is 3.79. The maximum Gasteiger partial charge on any atom is 0.266 e. The minimum absolute atomic E-state index is 0.281. The number of hydroxylamine groups is 1. The first kappa shape index (κ1) is 17.8. The Hall–Kier alpha value is -3.22. The van der Waals surface area contributed by atoms with Crippen LogP contribution in [-0.4, -0.2) is 22.9 Å². The smallest absolute Gasteiger partial charge is 0.266 e. The number of carbonyl (C=O) groups excluding carboxylic acids is 2. The average molecular weight is 406 g/mol. The van der Waals surface area contributed by atoms with Crippen LogP contribution in [0.15, 0.2) is 79.1 Å². The Kier molecular flexibility index (Phi) is 4.30. The molecule has 2 aromatic carbocycles. The summed E-state index contributed by atoms with van der Waals surface area (Å²) in [6.45, 7) is 0. The molecule has 7 heteroatoms. The van der Waals surface area contributed by atoms with Crippen molar-refractivity contribution in [1.82, 2.24) is 4.98 Å². The number of rotatable bonds is 3. The van der Waals surface area contributed by atoms with E-state index in [1.165, 1.54) is 4.90 Å². The van der Waals surface area contributed by atoms with Gasteiger partial charge in [0.2, 0.25) is 5.91 Å². The standard InChI is InChI=1S/C22H16ClN3O3/c23-15-8-10-17(11-9-15)26-19(14-5-4-12-24-13-14)18-20(29-26)22(28)25(21(18)27)16-6-2-1-3-7-16/h1-13,18-20H/t18-,19-,20+/m0/s1. The lowest BCUT2D eigenvalue weighted by Crippen LogP contribution is -2.37. The summed E-state index contributed by atoms with van der Waals surface area (Å²) >= 11 is 6.02. The van der Waals surface area contributed by atoms with E-state index in [0.717, 1.165) is 5.56 Å². The van der Waals surface area contributed by atoms with E-state index < -0.39 is 18.1 Å². The topological polar surface area (TPSA) is 62.7 Å². The van der Waals surface area contributed by atoms with Gasteiger partial charge in [-0.15, -0.1) is 0 Å². The molecule has 1 aromatic heterocycles. The third-order valence-corrected chi connectivity index (χ3v) is 5.49. The number of amides is 2. The van der Waals surface area contributed by atoms with Crippen LogP contribution in [0.2, 0.25) is 5.02 Å². The Labute approximate surface area is 172 Å². The van der Waals surface area contributed by atoms with Gasteiger partial charge in [-0.25, -0.2) is 9.96 Å². The van der Waals surface area contributed by atoms with Crippen LogP contribution in [0, 0.1) is 5.92 Å². The van der Waals surface area contributed by atoms with Crippen molar-refractivity contribution in [1.29, 1.82) is 0 Å². The molecule has 0 saturated carbocycles. The number of pyridine rings is 1. The first-order chi connectivity index (χ1) is 14.1. The second-order valence-corrected chi connectivity index (χ2v) is 7.37. The van der Waals surface area contributed by atoms with Gasteiger partial charge in [-0.3, -0.25) is 19.4 Å². The molecule has 3 atom stereocenters. The van der Waals surface area contributed by atoms with Gasteiger partial charge < -0.3 is 0 Å². The zero-order valence-electron chi connectivity index (χ0n) is 15.2. The van der Waals surface area contributed by atoms with E-state index in [0.29, 0.717) is 16.4 Å². The number of imide groups is 1. The van der Waals surface area contributed by atoms with Crippen molar-refractivity contribution in [2.45, 2.75) is 12.1 Å². The van der Waals surface area contributed by atoms with Crippen molar-refractivity contribution in [3.8, 4) is 0 Å². The molecule has 0 bridgehead atoms. The molecule has 2 saturated heterocycles. The Bertz CT molecular complexity index is 1060. The van der Waals surface area contributed by atoms with E-state index in [9.17, 15) is 9.59 Å². The Balaban J connectivity index is 1.58. The molecule has 0 spiro atoms. The molecule has 2 aliphatic heterocycles. The van der Waals surface area contributed by atoms with Gasteiger partial charge in [0.25, 0.3) is 5.91 Å². The second-order valence-electron chi connectivity index (χ2n) is 6.93. The molecule has 2 aliphatic rings. The van der Waals surface area contributed by atoms with E-state index >= 15 is 0 Å². The van der Waals surface area contributed by atoms with Crippen LogP contribution >= 0.6 is 11.6 Å². The van der Waals surface area contributed by atoms with Gasteiger partial charge in [0.15, 0.2) is 6.10 Å². The summed E-state index contributed by atoms with van der Waals surface area (Å²) in [5, 5.41) is 2.22. The maximum atomic E-state index is 13.4. The number of anilines is 2. The summed E-state index contributed by atoms with van der Waals surface area (Å²) in [4.78, 5) is 38.0. The molecule has 0 unspecified atom stereocenters. The van der Waals surface area contributed by atoms with E-state index in [2.05, 4.69) is 4.98 Å². The van der Waals surface area contributed by atoms with Crippen LogP contribution in [0.25, 0.3) is 0 Å². The SMILES string of the molecule is O=C1[C@@H]2[C@@H](ON(c3ccc(Cl)cc3)[C@H]2c2cccnc2)C(=O)N1c1ccccc1. The number of hydrogen-bond donors (Lipinski definition) is 0. The maximum absolute atomic E-state index is 13.4. The average Bonchev–Trinajstić information content (AvgIpc) is 3.26. The fourth-order valence-corrected chi connectivity index (χ4v) is 4.07. The van der Waals surface area contributed by atoms with Crippen LogP contribution < -0.4 is 9.96 Å². The van der Waals surface area contributed by atoms with Crippen molar-refractivity contribution < 1.29 is 14.4 Å². The van der Waals surface area contributed by atoms with Gasteiger partial charge in [0, 0.05) is 17.4 Å². The van der Waals surface area contributed by atoms with Crippen LogP contribution in [0.5, 0.6) is 0 Å². The van der Waals surface area contributed by atoms with Crippen molar-refractivity contribution in [2.75, 3.05) is 9.96 Å². The lowest BCUT2D eigenvalue weighted by Gasteiger charge is -2.28. The number of halogens is 1. The lowest BCUT2D eigenvalue weighted by atomic mass is 9.91. The number of aromatic nitrogens is 1. The molecule has 3 aromatic rings. The van der Waals surface area contributed by atoms with Gasteiger partial charge >= 0.3 is 0 Å². The monoisotopic (exact) mass is 405 g/mol. The number of fused-ring (bicyclic) bond motifs is 1. The molecule has 3 heterocycles. The molecular formula is C22H16ClN3O3. The summed E-state index contributed by atoms with van der Waals surface area (Å²) in [5.74, 6) is -1.32. The molecular weight excluding hydrogens is 390 g/mol. The van der Waals surface area contributed by atoms with Gasteiger partial charge in [-0.05, 0) is 48.0 Å². The van der Waals surface area contributed by atoms with E-state index in [1.54, 1.807) is 72.1 Å². The van der Waals surface area contributed by atoms with Gasteiger partial charge in [-0.1, -0.05) is 35.9 Å². The van der Waals surface area contributed by atoms with Crippen molar-refractivity contribution in [3.05, 3.63) is 89.7 Å². The quantitative estimate of drug-likeness (QED) is 0.620. The molecule has 2 fully saturated rings. The normalized spacial score (nSPS) is 23.6. The van der Waals surface area contributed by atoms with Gasteiger partial charge in [-0.2, -0.15) is 0 Å². The van der Waals surface area contributed by atoms with Crippen LogP contribution in [0.3, 0.4) is 0 Å². The molecule has 0 aliphatic carbocycles. The van der Waals surface area contributed by atoms with Crippen LogP contribution in [0.1, 0.15) is 11.6 Å². The summed E-state index contributed by atoms with van der Waals surface area (Å²) in [5.41, 5.74) is 2.05. The van der Waals surface area contributed by atoms with Gasteiger partial charge in [0.05, 0.1) is 17.4 Å². The summed E-state index contributed by atoms with van der Waals surface area (Å²) in [6.07, 6.45) is 2.47. The Morgan fingerprint density at radius 2 is 1.62 bits per heavy atom. The molecule has 0 radical (unpaired) electrons. The van der Waals surface area contributed by atoms with E-state index in [-0.39, 0.29) is 11.8 Å². The van der Waals surface area contributed by atoms with E-state index in [4.69, 9.17) is 16.4 Å². The zero-order chi connectivity index (χ0) is 20.0. The zero-order valence-corrected chi connectivity index (χ0v) is 15.9. The highest BCUT2D eigenvalue weighted by Crippen LogP contribution is 2.47. The second kappa shape index (κ2) is 6.99. The van der Waals surface area contributed by atoms with Crippen LogP contribution in [-0.2, 0) is 14.4 Å². The molecule has 0 N–H and O–H groups in total. The highest BCUT2D eigenvalue weighted by molar-refractivity contribution is 6.30. The number of benzene rings is 2. The number of para-hydroxylation sites is 1. The Morgan fingerprint density at radius 3 is 2.31 bits per heavy atom. The molecule has 2 amide bonds. The minimum Gasteiger partial charge on any atom is -0.273 e. The fraction of sp³-hybridized carbons (Fsp3) is 0.136. The van der Waals surface area contributed by atoms with Crippen molar-refractivity contribution in [3.63, 3.8) is 0 Å². The van der Waals surface area contributed by atoms with E-state index in [1.807, 2.05) is 12.1 Å². The first-order valence-electron chi connectivity index (χ1n) is 9.19. The Morgan fingerprint density at radius 1 is 0.862 bits per heavy atom. The molecule has 144 valence electrons.